The third kappa shape index (κ3) is 3.77. The summed E-state index contributed by atoms with van der Waals surface area (Å²) in [6, 6.07) is 4.90. The van der Waals surface area contributed by atoms with Crippen LogP contribution in [0.5, 0.6) is 0 Å². The number of nitrogens with one attached hydrogen (secondary N) is 3. The molecule has 0 aromatic carbocycles. The molecule has 2 aromatic rings. The van der Waals surface area contributed by atoms with E-state index in [0.29, 0.717) is 25.9 Å². The molecular weight excluding hydrogens is 296 g/mol. The Labute approximate surface area is 133 Å². The number of nitrogens with zero attached hydrogens (tertiary/aromatic N) is 3. The van der Waals surface area contributed by atoms with Crippen LogP contribution in [0.25, 0.3) is 5.65 Å². The number of amides is 3. The summed E-state index contributed by atoms with van der Waals surface area (Å²) in [4.78, 5) is 23.7. The molecule has 0 spiro atoms. The lowest BCUT2D eigenvalue weighted by Gasteiger charge is -2.15. The van der Waals surface area contributed by atoms with Crippen LogP contribution in [-0.4, -0.2) is 45.7 Å². The molecule has 3 rings (SSSR count). The smallest absolute Gasteiger partial charge is 0.315 e. The van der Waals surface area contributed by atoms with Gasteiger partial charge in [-0.05, 0) is 31.4 Å². The third-order valence-corrected chi connectivity index (χ3v) is 3.86. The van der Waals surface area contributed by atoms with Gasteiger partial charge in [0.05, 0.1) is 0 Å². The molecule has 3 N–H and O–H groups in total. The number of rotatable bonds is 4. The minimum atomic E-state index is -0.452. The van der Waals surface area contributed by atoms with Gasteiger partial charge in [0.2, 0.25) is 5.91 Å². The van der Waals surface area contributed by atoms with Crippen LogP contribution in [0.2, 0.25) is 0 Å². The summed E-state index contributed by atoms with van der Waals surface area (Å²) in [5.41, 5.74) is 0.780. The van der Waals surface area contributed by atoms with Gasteiger partial charge in [0.1, 0.15) is 11.9 Å². The predicted molar refractivity (Wildman–Crippen MR) is 83.9 cm³/mol. The maximum absolute atomic E-state index is 11.9. The van der Waals surface area contributed by atoms with Gasteiger partial charge in [0.25, 0.3) is 0 Å². The topological polar surface area (TPSA) is 100 Å². The van der Waals surface area contributed by atoms with Gasteiger partial charge in [-0.25, -0.2) is 4.79 Å². The van der Waals surface area contributed by atoms with Crippen LogP contribution >= 0.6 is 0 Å². The second-order valence-electron chi connectivity index (χ2n) is 5.53. The first-order chi connectivity index (χ1) is 11.2. The molecule has 0 aliphatic carbocycles. The Balaban J connectivity index is 1.48. The number of pyridine rings is 1. The number of carbonyl (C=O) groups excluding carboxylic acids is 2. The summed E-state index contributed by atoms with van der Waals surface area (Å²) >= 11 is 0. The number of hydrogen-bond acceptors (Lipinski definition) is 4. The van der Waals surface area contributed by atoms with E-state index in [2.05, 4.69) is 26.1 Å². The zero-order valence-corrected chi connectivity index (χ0v) is 12.8. The molecule has 3 heterocycles. The van der Waals surface area contributed by atoms with E-state index in [1.807, 2.05) is 28.8 Å². The van der Waals surface area contributed by atoms with Crippen LogP contribution in [-0.2, 0) is 11.2 Å². The van der Waals surface area contributed by atoms with Crippen molar-refractivity contribution in [2.24, 2.45) is 0 Å². The highest BCUT2D eigenvalue weighted by Gasteiger charge is 2.22. The maximum Gasteiger partial charge on any atom is 0.315 e. The average Bonchev–Trinajstić information content (AvgIpc) is 2.86. The standard InChI is InChI=1S/C15H20N6O2/c22-14-11(5-1-3-8-16-14)18-15(23)17-9-7-13-20-19-12-6-2-4-10-21(12)13/h2,4,6,10-11H,1,3,5,7-9H2,(H,16,22)(H2,17,18,23)/t11-/m0/s1. The number of urea groups is 1. The van der Waals surface area contributed by atoms with Crippen LogP contribution in [0.15, 0.2) is 24.4 Å². The quantitative estimate of drug-likeness (QED) is 0.752. The Morgan fingerprint density at radius 1 is 1.35 bits per heavy atom. The van der Waals surface area contributed by atoms with E-state index in [4.69, 9.17) is 0 Å². The lowest BCUT2D eigenvalue weighted by molar-refractivity contribution is -0.122. The molecule has 1 saturated heterocycles. The van der Waals surface area contributed by atoms with Crippen molar-refractivity contribution in [2.75, 3.05) is 13.1 Å². The molecule has 8 heteroatoms. The van der Waals surface area contributed by atoms with E-state index < -0.39 is 6.04 Å². The molecule has 1 aliphatic rings. The molecule has 1 fully saturated rings. The molecule has 3 amide bonds. The first-order valence-corrected chi connectivity index (χ1v) is 7.85. The highest BCUT2D eigenvalue weighted by Crippen LogP contribution is 2.05. The predicted octanol–water partition coefficient (Wildman–Crippen LogP) is 0.240. The largest absolute Gasteiger partial charge is 0.354 e. The monoisotopic (exact) mass is 316 g/mol. The van der Waals surface area contributed by atoms with Crippen molar-refractivity contribution in [1.29, 1.82) is 0 Å². The first-order valence-electron chi connectivity index (χ1n) is 7.85. The zero-order valence-electron chi connectivity index (χ0n) is 12.8. The molecule has 0 bridgehead atoms. The van der Waals surface area contributed by atoms with Crippen molar-refractivity contribution in [3.63, 3.8) is 0 Å². The second kappa shape index (κ2) is 7.08. The minimum Gasteiger partial charge on any atom is -0.354 e. The number of fused-ring (bicyclic) bond motifs is 1. The molecule has 2 aromatic heterocycles. The van der Waals surface area contributed by atoms with Gasteiger partial charge >= 0.3 is 6.03 Å². The van der Waals surface area contributed by atoms with E-state index in [1.165, 1.54) is 0 Å². The Bertz CT molecular complexity index is 698. The molecule has 23 heavy (non-hydrogen) atoms. The van der Waals surface area contributed by atoms with Gasteiger partial charge in [-0.3, -0.25) is 9.20 Å². The SMILES string of the molecule is O=C(NCCc1nnc2ccccn12)N[C@H]1CCCCNC1=O. The Hall–Kier alpha value is -2.64. The van der Waals surface area contributed by atoms with E-state index in [9.17, 15) is 9.59 Å². The molecule has 0 radical (unpaired) electrons. The lowest BCUT2D eigenvalue weighted by Crippen LogP contribution is -2.49. The van der Waals surface area contributed by atoms with Gasteiger partial charge in [-0.1, -0.05) is 6.07 Å². The number of hydrogen-bond donors (Lipinski definition) is 3. The third-order valence-electron chi connectivity index (χ3n) is 3.86. The van der Waals surface area contributed by atoms with Gasteiger partial charge < -0.3 is 16.0 Å². The maximum atomic E-state index is 11.9. The zero-order chi connectivity index (χ0) is 16.1. The number of carbonyl (C=O) groups is 2. The fourth-order valence-corrected chi connectivity index (χ4v) is 2.64. The molecule has 1 aliphatic heterocycles. The molecule has 0 unspecified atom stereocenters. The Morgan fingerprint density at radius 3 is 3.17 bits per heavy atom. The molecular formula is C15H20N6O2. The Morgan fingerprint density at radius 2 is 2.26 bits per heavy atom. The van der Waals surface area contributed by atoms with Gasteiger partial charge in [-0.2, -0.15) is 0 Å². The van der Waals surface area contributed by atoms with Crippen LogP contribution in [0, 0.1) is 0 Å². The summed E-state index contributed by atoms with van der Waals surface area (Å²) < 4.78 is 1.89. The van der Waals surface area contributed by atoms with Gasteiger partial charge in [0.15, 0.2) is 5.65 Å². The summed E-state index contributed by atoms with van der Waals surface area (Å²) in [6.07, 6.45) is 5.01. The lowest BCUT2D eigenvalue weighted by atomic mass is 10.1. The molecule has 122 valence electrons. The van der Waals surface area contributed by atoms with Crippen molar-refractivity contribution in [3.05, 3.63) is 30.2 Å². The fraction of sp³-hybridized carbons (Fsp3) is 0.467. The second-order valence-corrected chi connectivity index (χ2v) is 5.53. The van der Waals surface area contributed by atoms with Gasteiger partial charge in [0, 0.05) is 25.7 Å². The first kappa shape index (κ1) is 15.3. The van der Waals surface area contributed by atoms with E-state index in [0.717, 1.165) is 24.3 Å². The molecule has 1 atom stereocenters. The van der Waals surface area contributed by atoms with E-state index in [1.54, 1.807) is 0 Å². The summed E-state index contributed by atoms with van der Waals surface area (Å²) in [5, 5.41) is 16.5. The molecule has 0 saturated carbocycles. The summed E-state index contributed by atoms with van der Waals surface area (Å²) in [5.74, 6) is 0.675. The normalized spacial score (nSPS) is 18.3. The van der Waals surface area contributed by atoms with Crippen molar-refractivity contribution in [2.45, 2.75) is 31.7 Å². The van der Waals surface area contributed by atoms with Crippen LogP contribution in [0.3, 0.4) is 0 Å². The van der Waals surface area contributed by atoms with Crippen molar-refractivity contribution in [3.8, 4) is 0 Å². The number of aromatic nitrogens is 3. The van der Waals surface area contributed by atoms with Crippen molar-refractivity contribution < 1.29 is 9.59 Å². The average molecular weight is 316 g/mol. The summed E-state index contributed by atoms with van der Waals surface area (Å²) in [7, 11) is 0. The molecule has 8 nitrogen and oxygen atoms in total. The fourth-order valence-electron chi connectivity index (χ4n) is 2.64. The van der Waals surface area contributed by atoms with Crippen LogP contribution in [0.4, 0.5) is 4.79 Å². The van der Waals surface area contributed by atoms with Crippen molar-refractivity contribution in [1.82, 2.24) is 30.5 Å². The van der Waals surface area contributed by atoms with Crippen LogP contribution < -0.4 is 16.0 Å². The van der Waals surface area contributed by atoms with Crippen LogP contribution in [0.1, 0.15) is 25.1 Å². The highest BCUT2D eigenvalue weighted by molar-refractivity contribution is 5.87. The minimum absolute atomic E-state index is 0.110. The Kier molecular flexibility index (Phi) is 4.70. The summed E-state index contributed by atoms with van der Waals surface area (Å²) in [6.45, 7) is 1.11. The van der Waals surface area contributed by atoms with Crippen molar-refractivity contribution >= 4 is 17.6 Å². The van der Waals surface area contributed by atoms with E-state index in [-0.39, 0.29) is 11.9 Å². The van der Waals surface area contributed by atoms with Gasteiger partial charge in [-0.15, -0.1) is 10.2 Å². The highest BCUT2D eigenvalue weighted by atomic mass is 16.2. The van der Waals surface area contributed by atoms with E-state index >= 15 is 0 Å².